The first-order valence-electron chi connectivity index (χ1n) is 2.56. The summed E-state index contributed by atoms with van der Waals surface area (Å²) in [5, 5.41) is 11.9. The van der Waals surface area contributed by atoms with Crippen molar-refractivity contribution in [3.63, 3.8) is 0 Å². The molecule has 0 atom stereocenters. The van der Waals surface area contributed by atoms with E-state index in [1.807, 2.05) is 5.43 Å². The van der Waals surface area contributed by atoms with Crippen LogP contribution in [0.2, 0.25) is 0 Å². The van der Waals surface area contributed by atoms with Gasteiger partial charge in [0.15, 0.2) is 5.03 Å². The third-order valence-corrected chi connectivity index (χ3v) is 1.51. The Morgan fingerprint density at radius 2 is 2.70 bits per heavy atom. The van der Waals surface area contributed by atoms with E-state index in [0.717, 1.165) is 0 Å². The zero-order valence-corrected chi connectivity index (χ0v) is 5.85. The Labute approximate surface area is 61.2 Å². The van der Waals surface area contributed by atoms with Gasteiger partial charge >= 0.3 is 0 Å². The maximum absolute atomic E-state index is 9.83. The Hall–Kier alpha value is -0.980. The molecule has 1 aliphatic heterocycles. The summed E-state index contributed by atoms with van der Waals surface area (Å²) in [4.78, 5) is 13.6. The molecule has 1 aliphatic rings. The van der Waals surface area contributed by atoms with Gasteiger partial charge in [-0.15, -0.1) is 11.8 Å². The maximum atomic E-state index is 9.83. The molecule has 0 aromatic rings. The monoisotopic (exact) mass is 162 g/mol. The van der Waals surface area contributed by atoms with E-state index < -0.39 is 5.03 Å². The van der Waals surface area contributed by atoms with Crippen molar-refractivity contribution in [2.24, 2.45) is 4.99 Å². The molecule has 0 fully saturated rings. The molecule has 0 saturated heterocycles. The van der Waals surface area contributed by atoms with Gasteiger partial charge in [-0.3, -0.25) is 0 Å². The van der Waals surface area contributed by atoms with E-state index in [1.165, 1.54) is 0 Å². The van der Waals surface area contributed by atoms with Crippen molar-refractivity contribution in [1.29, 1.82) is 0 Å². The lowest BCUT2D eigenvalue weighted by atomic mass is 10.9. The van der Waals surface area contributed by atoms with Crippen LogP contribution in [-0.2, 0) is 0 Å². The predicted molar refractivity (Wildman–Crippen MR) is 38.0 cm³/mol. The molecule has 0 spiro atoms. The van der Waals surface area contributed by atoms with Gasteiger partial charge in [0, 0.05) is 0 Å². The Morgan fingerprint density at radius 3 is 3.20 bits per heavy atom. The zero-order valence-electron chi connectivity index (χ0n) is 5.03. The standard InChI is InChI=1S/C3H6N4O2S/c8-7(9)6-3-4-1-10-2-5-3/h1-2H2,(H2,4,5,6). The third-order valence-electron chi connectivity index (χ3n) is 0.853. The van der Waals surface area contributed by atoms with E-state index in [2.05, 4.69) is 10.3 Å². The fourth-order valence-electron chi connectivity index (χ4n) is 0.492. The number of hydrogen-bond donors (Lipinski definition) is 2. The van der Waals surface area contributed by atoms with E-state index in [1.54, 1.807) is 11.8 Å². The van der Waals surface area contributed by atoms with Crippen LogP contribution in [0.4, 0.5) is 0 Å². The highest BCUT2D eigenvalue weighted by atomic mass is 32.2. The van der Waals surface area contributed by atoms with Crippen LogP contribution in [0.15, 0.2) is 4.99 Å². The highest BCUT2D eigenvalue weighted by Gasteiger charge is 2.06. The average molecular weight is 162 g/mol. The molecule has 0 amide bonds. The summed E-state index contributed by atoms with van der Waals surface area (Å²) in [7, 11) is 0. The Balaban J connectivity index is 2.38. The van der Waals surface area contributed by atoms with Crippen LogP contribution in [0.25, 0.3) is 0 Å². The molecule has 0 bridgehead atoms. The quantitative estimate of drug-likeness (QED) is 0.396. The van der Waals surface area contributed by atoms with Crippen molar-refractivity contribution < 1.29 is 5.03 Å². The highest BCUT2D eigenvalue weighted by molar-refractivity contribution is 7.99. The summed E-state index contributed by atoms with van der Waals surface area (Å²) in [6.45, 7) is 0. The number of aliphatic imine (C=N–C) groups is 1. The van der Waals surface area contributed by atoms with Gasteiger partial charge in [0.2, 0.25) is 0 Å². The summed E-state index contributed by atoms with van der Waals surface area (Å²) < 4.78 is 0. The van der Waals surface area contributed by atoms with E-state index >= 15 is 0 Å². The molecule has 10 heavy (non-hydrogen) atoms. The number of hydrogen-bond acceptors (Lipinski definition) is 5. The van der Waals surface area contributed by atoms with E-state index in [-0.39, 0.29) is 5.96 Å². The van der Waals surface area contributed by atoms with Crippen molar-refractivity contribution in [3.8, 4) is 0 Å². The van der Waals surface area contributed by atoms with Crippen LogP contribution in [0.5, 0.6) is 0 Å². The minimum Gasteiger partial charge on any atom is -0.343 e. The van der Waals surface area contributed by atoms with Gasteiger partial charge in [-0.25, -0.2) is 15.1 Å². The number of hydrazine groups is 1. The normalized spacial score (nSPS) is 17.0. The van der Waals surface area contributed by atoms with Gasteiger partial charge < -0.3 is 5.32 Å². The molecule has 56 valence electrons. The molecule has 0 aromatic heterocycles. The highest BCUT2D eigenvalue weighted by Crippen LogP contribution is 2.00. The molecule has 0 unspecified atom stereocenters. The van der Waals surface area contributed by atoms with Gasteiger partial charge in [0.05, 0.1) is 11.8 Å². The molecule has 1 heterocycles. The topological polar surface area (TPSA) is 79.6 Å². The van der Waals surface area contributed by atoms with Gasteiger partial charge in [-0.05, 0) is 0 Å². The van der Waals surface area contributed by atoms with Crippen molar-refractivity contribution >= 4 is 17.7 Å². The number of nitrogens with one attached hydrogen (secondary N) is 2. The molecular formula is C3H6N4O2S. The largest absolute Gasteiger partial charge is 0.343 e. The minimum absolute atomic E-state index is 0.240. The lowest BCUT2D eigenvalue weighted by Gasteiger charge is -2.09. The smallest absolute Gasteiger partial charge is 0.255 e. The SMILES string of the molecule is O=[N+]([O-])NC1=NCSCN1. The van der Waals surface area contributed by atoms with Crippen molar-refractivity contribution in [2.45, 2.75) is 0 Å². The average Bonchev–Trinajstić information content (AvgIpc) is 1.88. The van der Waals surface area contributed by atoms with E-state index in [4.69, 9.17) is 0 Å². The third kappa shape index (κ3) is 2.09. The second-order valence-electron chi connectivity index (χ2n) is 1.53. The lowest BCUT2D eigenvalue weighted by Crippen LogP contribution is -2.42. The van der Waals surface area contributed by atoms with Crippen LogP contribution in [0, 0.1) is 10.1 Å². The first-order chi connectivity index (χ1) is 4.79. The number of thioether (sulfide) groups is 1. The lowest BCUT2D eigenvalue weighted by molar-refractivity contribution is -0.525. The van der Waals surface area contributed by atoms with Gasteiger partial charge in [-0.1, -0.05) is 5.43 Å². The summed E-state index contributed by atoms with van der Waals surface area (Å²) in [5.74, 6) is 1.48. The van der Waals surface area contributed by atoms with Crippen molar-refractivity contribution in [1.82, 2.24) is 10.7 Å². The Morgan fingerprint density at radius 1 is 1.90 bits per heavy atom. The second kappa shape index (κ2) is 3.25. The number of rotatable bonds is 1. The van der Waals surface area contributed by atoms with Gasteiger partial charge in [0.1, 0.15) is 0 Å². The molecule has 0 radical (unpaired) electrons. The molecule has 6 nitrogen and oxygen atoms in total. The van der Waals surface area contributed by atoms with Crippen LogP contribution >= 0.6 is 11.8 Å². The molecular weight excluding hydrogens is 156 g/mol. The predicted octanol–water partition coefficient (Wildman–Crippen LogP) is -0.625. The summed E-state index contributed by atoms with van der Waals surface area (Å²) in [5.41, 5.74) is 1.93. The van der Waals surface area contributed by atoms with Crippen LogP contribution in [0.3, 0.4) is 0 Å². The number of nitro groups is 1. The first-order valence-corrected chi connectivity index (χ1v) is 3.71. The molecule has 0 aromatic carbocycles. The second-order valence-corrected chi connectivity index (χ2v) is 2.49. The maximum Gasteiger partial charge on any atom is 0.255 e. The molecule has 1 rings (SSSR count). The van der Waals surface area contributed by atoms with Gasteiger partial charge in [-0.2, -0.15) is 0 Å². The van der Waals surface area contributed by atoms with Crippen molar-refractivity contribution in [3.05, 3.63) is 10.1 Å². The summed E-state index contributed by atoms with van der Waals surface area (Å²) >= 11 is 1.56. The van der Waals surface area contributed by atoms with Crippen LogP contribution < -0.4 is 10.7 Å². The fraction of sp³-hybridized carbons (Fsp3) is 0.667. The molecule has 0 aliphatic carbocycles. The van der Waals surface area contributed by atoms with Crippen LogP contribution in [0.1, 0.15) is 0 Å². The summed E-state index contributed by atoms with van der Waals surface area (Å²) in [6.07, 6.45) is 0. The van der Waals surface area contributed by atoms with Crippen LogP contribution in [-0.4, -0.2) is 22.7 Å². The van der Waals surface area contributed by atoms with E-state index in [0.29, 0.717) is 11.8 Å². The molecule has 2 N–H and O–H groups in total. The Kier molecular flexibility index (Phi) is 2.32. The first kappa shape index (κ1) is 7.13. The summed E-state index contributed by atoms with van der Waals surface area (Å²) in [6, 6.07) is 0. The Bertz CT molecular complexity index is 170. The fourth-order valence-corrected chi connectivity index (χ4v) is 1.04. The number of guanidine groups is 1. The minimum atomic E-state index is -0.637. The van der Waals surface area contributed by atoms with Crippen molar-refractivity contribution in [2.75, 3.05) is 11.8 Å². The van der Waals surface area contributed by atoms with E-state index in [9.17, 15) is 10.1 Å². The zero-order chi connectivity index (χ0) is 7.40. The molecule has 7 heteroatoms. The van der Waals surface area contributed by atoms with Gasteiger partial charge in [0.25, 0.3) is 5.96 Å². The number of nitrogens with zero attached hydrogens (tertiary/aromatic N) is 2. The molecule has 0 saturated carbocycles.